The van der Waals surface area contributed by atoms with Gasteiger partial charge in [0.2, 0.25) is 33.9 Å². The molecule has 0 saturated heterocycles. The third-order valence-corrected chi connectivity index (χ3v) is 13.7. The monoisotopic (exact) mass is 954 g/mol. The van der Waals surface area contributed by atoms with Gasteiger partial charge in [0.25, 0.3) is 0 Å². The van der Waals surface area contributed by atoms with Crippen LogP contribution in [0.2, 0.25) is 0 Å². The van der Waals surface area contributed by atoms with Crippen LogP contribution in [0.5, 0.6) is 0 Å². The molecule has 70 heavy (non-hydrogen) atoms. The van der Waals surface area contributed by atoms with Crippen LogP contribution in [0.15, 0.2) is 84.9 Å². The third kappa shape index (κ3) is 15.4. The van der Waals surface area contributed by atoms with Gasteiger partial charge >= 0.3 is 0 Å². The van der Waals surface area contributed by atoms with Gasteiger partial charge in [0.1, 0.15) is 18.9 Å². The maximum absolute atomic E-state index is 13.4. The number of nitrogens with one attached hydrogen (secondary N) is 4. The number of fused-ring (bicyclic) bond motifs is 4. The molecule has 0 aliphatic carbocycles. The molecule has 0 aliphatic heterocycles. The van der Waals surface area contributed by atoms with Crippen LogP contribution in [-0.2, 0) is 40.6 Å². The van der Waals surface area contributed by atoms with Gasteiger partial charge in [-0.3, -0.25) is 14.4 Å². The SMILES string of the molecule is CNCc1ccc2cc3ccc(CNC)cc3[n+](CCCCCC(=O)NCCCCCNC(=O)C(CCCCN)CC(=O)CCCCC[n+]3c4cc(N(C)C)ccc4cc4ccc(N(C)C)cc43)c2c1. The van der Waals surface area contributed by atoms with Crippen molar-refractivity contribution in [3.05, 3.63) is 96.1 Å². The average Bonchev–Trinajstić information content (AvgIpc) is 3.35. The van der Waals surface area contributed by atoms with E-state index in [-0.39, 0.29) is 29.9 Å². The van der Waals surface area contributed by atoms with Crippen molar-refractivity contribution < 1.29 is 23.5 Å². The summed E-state index contributed by atoms with van der Waals surface area (Å²) in [6, 6.07) is 31.3. The summed E-state index contributed by atoms with van der Waals surface area (Å²) in [5.41, 5.74) is 15.6. The van der Waals surface area contributed by atoms with Crippen molar-refractivity contribution in [3.63, 3.8) is 0 Å². The number of anilines is 2. The van der Waals surface area contributed by atoms with Crippen molar-refractivity contribution in [1.29, 1.82) is 0 Å². The minimum Gasteiger partial charge on any atom is -0.377 e. The molecule has 2 aromatic heterocycles. The van der Waals surface area contributed by atoms with Crippen LogP contribution in [0.4, 0.5) is 11.4 Å². The second-order valence-electron chi connectivity index (χ2n) is 19.8. The van der Waals surface area contributed by atoms with E-state index in [0.29, 0.717) is 38.9 Å². The largest absolute Gasteiger partial charge is 0.377 e. The van der Waals surface area contributed by atoms with Crippen LogP contribution >= 0.6 is 0 Å². The molecule has 376 valence electrons. The summed E-state index contributed by atoms with van der Waals surface area (Å²) in [7, 11) is 12.3. The Morgan fingerprint density at radius 1 is 0.529 bits per heavy atom. The predicted octanol–water partition coefficient (Wildman–Crippen LogP) is 8.37. The average molecular weight is 954 g/mol. The summed E-state index contributed by atoms with van der Waals surface area (Å²) in [5.74, 6) is -0.0979. The molecule has 1 atom stereocenters. The van der Waals surface area contributed by atoms with Gasteiger partial charge in [-0.25, -0.2) is 0 Å². The topological polar surface area (TPSA) is 140 Å². The summed E-state index contributed by atoms with van der Waals surface area (Å²) in [6.45, 7) is 5.18. The molecular formula is C58H83N9O3+2. The Hall–Kier alpha value is -5.69. The first-order valence-corrected chi connectivity index (χ1v) is 26.2. The van der Waals surface area contributed by atoms with Crippen molar-refractivity contribution in [1.82, 2.24) is 21.3 Å². The maximum Gasteiger partial charge on any atom is 0.223 e. The Balaban J connectivity index is 0.884. The number of rotatable bonds is 31. The molecule has 0 radical (unpaired) electrons. The van der Waals surface area contributed by atoms with Crippen LogP contribution in [0.3, 0.4) is 0 Å². The lowest BCUT2D eigenvalue weighted by molar-refractivity contribution is -0.646. The first-order valence-electron chi connectivity index (χ1n) is 26.2. The number of carbonyl (C=O) groups is 3. The van der Waals surface area contributed by atoms with E-state index in [1.165, 1.54) is 66.1 Å². The van der Waals surface area contributed by atoms with E-state index in [1.807, 2.05) is 14.1 Å². The number of nitrogens with two attached hydrogens (primary N) is 1. The Morgan fingerprint density at radius 3 is 1.50 bits per heavy atom. The van der Waals surface area contributed by atoms with Crippen LogP contribution in [0.25, 0.3) is 43.6 Å². The number of amides is 2. The van der Waals surface area contributed by atoms with E-state index in [9.17, 15) is 14.4 Å². The highest BCUT2D eigenvalue weighted by atomic mass is 16.2. The molecule has 6 aromatic rings. The Morgan fingerprint density at radius 2 is 1.00 bits per heavy atom. The summed E-state index contributed by atoms with van der Waals surface area (Å²) in [5, 5.41) is 17.7. The van der Waals surface area contributed by atoms with Gasteiger partial charge in [-0.2, -0.15) is 9.13 Å². The Labute approximate surface area is 417 Å². The van der Waals surface area contributed by atoms with E-state index >= 15 is 0 Å². The van der Waals surface area contributed by atoms with Crippen LogP contribution in [0.1, 0.15) is 107 Å². The number of aryl methyl sites for hydroxylation is 2. The number of unbranched alkanes of at least 4 members (excludes halogenated alkanes) is 7. The Bertz CT molecular complexity index is 2530. The van der Waals surface area contributed by atoms with Gasteiger partial charge in [0.05, 0.1) is 0 Å². The zero-order valence-electron chi connectivity index (χ0n) is 43.3. The molecule has 2 amide bonds. The van der Waals surface area contributed by atoms with Gasteiger partial charge in [-0.05, 0) is 138 Å². The van der Waals surface area contributed by atoms with E-state index in [4.69, 9.17) is 5.73 Å². The number of pyridine rings is 2. The maximum atomic E-state index is 13.4. The number of hydrogen-bond donors (Lipinski definition) is 5. The lowest BCUT2D eigenvalue weighted by Gasteiger charge is -2.16. The third-order valence-electron chi connectivity index (χ3n) is 13.7. The second-order valence-corrected chi connectivity index (χ2v) is 19.8. The number of aromatic nitrogens is 2. The van der Waals surface area contributed by atoms with E-state index in [1.54, 1.807) is 0 Å². The summed E-state index contributed by atoms with van der Waals surface area (Å²) < 4.78 is 4.91. The molecule has 0 saturated carbocycles. The fourth-order valence-electron chi connectivity index (χ4n) is 9.76. The number of carbonyl (C=O) groups excluding carboxylic acids is 3. The summed E-state index contributed by atoms with van der Waals surface area (Å²) in [6.07, 6.45) is 11.7. The molecular weight excluding hydrogens is 871 g/mol. The van der Waals surface area contributed by atoms with Gasteiger partial charge < -0.3 is 36.8 Å². The van der Waals surface area contributed by atoms with E-state index in [0.717, 1.165) is 96.8 Å². The zero-order chi connectivity index (χ0) is 49.8. The van der Waals surface area contributed by atoms with Gasteiger partial charge in [-0.1, -0.05) is 18.6 Å². The van der Waals surface area contributed by atoms with Crippen molar-refractivity contribution in [2.45, 2.75) is 122 Å². The fraction of sp³-hybridized carbons (Fsp3) is 0.500. The number of nitrogens with zero attached hydrogens (tertiary/aromatic N) is 4. The van der Waals surface area contributed by atoms with E-state index in [2.05, 4.69) is 153 Å². The lowest BCUT2D eigenvalue weighted by atomic mass is 9.93. The highest BCUT2D eigenvalue weighted by molar-refractivity contribution is 5.92. The first kappa shape index (κ1) is 53.7. The molecule has 0 aliphatic rings. The molecule has 12 heteroatoms. The van der Waals surface area contributed by atoms with Crippen LogP contribution < -0.4 is 45.9 Å². The second kappa shape index (κ2) is 27.6. The summed E-state index contributed by atoms with van der Waals surface area (Å²) >= 11 is 0. The Kier molecular flexibility index (Phi) is 21.2. The van der Waals surface area contributed by atoms with Crippen LogP contribution in [0, 0.1) is 5.92 Å². The van der Waals surface area contributed by atoms with Gasteiger partial charge in [-0.15, -0.1) is 0 Å². The van der Waals surface area contributed by atoms with Crippen LogP contribution in [-0.4, -0.2) is 79.5 Å². The molecule has 4 aromatic carbocycles. The summed E-state index contributed by atoms with van der Waals surface area (Å²) in [4.78, 5) is 43.7. The van der Waals surface area contributed by atoms with Crippen molar-refractivity contribution >= 4 is 72.6 Å². The quantitative estimate of drug-likeness (QED) is 0.0167. The molecule has 6 rings (SSSR count). The minimum atomic E-state index is -0.329. The molecule has 0 bridgehead atoms. The highest BCUT2D eigenvalue weighted by Crippen LogP contribution is 2.27. The lowest BCUT2D eigenvalue weighted by Crippen LogP contribution is -2.36. The molecule has 0 spiro atoms. The standard InChI is InChI=1S/C58H81N9O3/c1-60-41-43-21-23-45-36-46-24-22-44(42-61-2)35-54(46)66(53(45)34-43)32-17-8-11-20-57(69)62-30-14-9-15-31-63-58(70)49(18-12-13-29-59)38-52(68)19-10-7-16-33-67-55-39-50(64(3)4)27-25-47(55)37-48-26-28-51(65(5)6)40-56(48)67/h21-28,34-37,39-40,49,60-61H,7-20,29-33,38,41-42,59H2,1-6H3/p+2. The first-order chi connectivity index (χ1) is 34.0. The molecule has 1 unspecified atom stereocenters. The zero-order valence-corrected chi connectivity index (χ0v) is 43.3. The van der Waals surface area contributed by atoms with Gasteiger partial charge in [0, 0.05) is 150 Å². The molecule has 12 nitrogen and oxygen atoms in total. The smallest absolute Gasteiger partial charge is 0.223 e. The fourth-order valence-corrected chi connectivity index (χ4v) is 9.76. The van der Waals surface area contributed by atoms with Crippen molar-refractivity contribution in [2.75, 3.05) is 71.7 Å². The number of benzene rings is 4. The molecule has 6 N–H and O–H groups in total. The number of Topliss-reactive ketones (excluding diaryl/α,β-unsaturated/α-hetero) is 1. The number of ketones is 1. The van der Waals surface area contributed by atoms with Crippen molar-refractivity contribution in [2.24, 2.45) is 11.7 Å². The highest BCUT2D eigenvalue weighted by Gasteiger charge is 2.23. The minimum absolute atomic E-state index is 0.0313. The van der Waals surface area contributed by atoms with E-state index < -0.39 is 0 Å². The molecule has 2 heterocycles. The van der Waals surface area contributed by atoms with Crippen molar-refractivity contribution in [3.8, 4) is 0 Å². The predicted molar refractivity (Wildman–Crippen MR) is 290 cm³/mol. The van der Waals surface area contributed by atoms with Gasteiger partial charge in [0.15, 0.2) is 0 Å². The number of hydrogen-bond acceptors (Lipinski definition) is 8. The molecule has 0 fully saturated rings. The normalized spacial score (nSPS) is 12.0.